The van der Waals surface area contributed by atoms with E-state index in [1.54, 1.807) is 30.3 Å². The van der Waals surface area contributed by atoms with Crippen LogP contribution in [-0.4, -0.2) is 20.5 Å². The average molecular weight is 351 g/mol. The van der Waals surface area contributed by atoms with Crippen LogP contribution >= 0.6 is 11.6 Å². The average Bonchev–Trinajstić information content (AvgIpc) is 2.76. The minimum atomic E-state index is -3.64. The SMILES string of the molecule is CS(=O)(=O)Oc1ccc2c(c1)OC(=Cc1ccc(Cl)cc1)C2=O. The highest BCUT2D eigenvalue weighted by atomic mass is 35.5. The summed E-state index contributed by atoms with van der Waals surface area (Å²) in [5.41, 5.74) is 1.12. The van der Waals surface area contributed by atoms with Gasteiger partial charge in [0.2, 0.25) is 5.78 Å². The highest BCUT2D eigenvalue weighted by Crippen LogP contribution is 2.35. The van der Waals surface area contributed by atoms with Gasteiger partial charge in [-0.15, -0.1) is 0 Å². The third-order valence-corrected chi connectivity index (χ3v) is 3.80. The van der Waals surface area contributed by atoms with Crippen LogP contribution in [0.25, 0.3) is 6.08 Å². The lowest BCUT2D eigenvalue weighted by atomic mass is 10.1. The van der Waals surface area contributed by atoms with E-state index < -0.39 is 10.1 Å². The number of carbonyl (C=O) groups is 1. The molecule has 0 aliphatic carbocycles. The van der Waals surface area contributed by atoms with Crippen LogP contribution in [0.3, 0.4) is 0 Å². The molecular weight excluding hydrogens is 340 g/mol. The lowest BCUT2D eigenvalue weighted by molar-refractivity contribution is 0.101. The zero-order valence-electron chi connectivity index (χ0n) is 11.9. The van der Waals surface area contributed by atoms with E-state index in [1.807, 2.05) is 0 Å². The summed E-state index contributed by atoms with van der Waals surface area (Å²) in [5, 5.41) is 0.594. The lowest BCUT2D eigenvalue weighted by Crippen LogP contribution is -2.05. The first-order chi connectivity index (χ1) is 10.8. The number of hydrogen-bond acceptors (Lipinski definition) is 5. The fourth-order valence-corrected chi connectivity index (χ4v) is 2.68. The van der Waals surface area contributed by atoms with Crippen LogP contribution in [0.4, 0.5) is 0 Å². The van der Waals surface area contributed by atoms with Gasteiger partial charge in [0.15, 0.2) is 5.76 Å². The fraction of sp³-hybridized carbons (Fsp3) is 0.0625. The van der Waals surface area contributed by atoms with Gasteiger partial charge in [0.1, 0.15) is 11.5 Å². The summed E-state index contributed by atoms with van der Waals surface area (Å²) in [4.78, 5) is 12.3. The Hall–Kier alpha value is -2.31. The zero-order chi connectivity index (χ0) is 16.6. The van der Waals surface area contributed by atoms with Gasteiger partial charge in [0.25, 0.3) is 0 Å². The van der Waals surface area contributed by atoms with Crippen molar-refractivity contribution in [3.05, 3.63) is 64.4 Å². The van der Waals surface area contributed by atoms with Gasteiger partial charge in [-0.3, -0.25) is 4.79 Å². The summed E-state index contributed by atoms with van der Waals surface area (Å²) in [5.74, 6) is 0.225. The topological polar surface area (TPSA) is 69.7 Å². The molecule has 0 amide bonds. The number of ketones is 1. The second-order valence-corrected chi connectivity index (χ2v) is 6.95. The number of rotatable bonds is 3. The summed E-state index contributed by atoms with van der Waals surface area (Å²) in [6.07, 6.45) is 2.54. The summed E-state index contributed by atoms with van der Waals surface area (Å²) < 4.78 is 32.6. The summed E-state index contributed by atoms with van der Waals surface area (Å²) in [6.45, 7) is 0. The van der Waals surface area contributed by atoms with Gasteiger partial charge in [-0.2, -0.15) is 8.42 Å². The number of allylic oxidation sites excluding steroid dienone is 1. The van der Waals surface area contributed by atoms with Gasteiger partial charge in [-0.1, -0.05) is 23.7 Å². The smallest absolute Gasteiger partial charge is 0.306 e. The Balaban J connectivity index is 1.91. The molecule has 0 radical (unpaired) electrons. The molecule has 0 aromatic heterocycles. The van der Waals surface area contributed by atoms with Gasteiger partial charge in [0.05, 0.1) is 11.8 Å². The monoisotopic (exact) mass is 350 g/mol. The molecule has 5 nitrogen and oxygen atoms in total. The van der Waals surface area contributed by atoms with Crippen molar-refractivity contribution in [2.75, 3.05) is 6.26 Å². The number of Topliss-reactive ketones (excluding diaryl/α,β-unsaturated/α-hetero) is 1. The van der Waals surface area contributed by atoms with Gasteiger partial charge < -0.3 is 8.92 Å². The number of hydrogen-bond donors (Lipinski definition) is 0. The van der Waals surface area contributed by atoms with Gasteiger partial charge in [-0.25, -0.2) is 0 Å². The molecule has 7 heteroatoms. The molecule has 1 aliphatic heterocycles. The predicted octanol–water partition coefficient (Wildman–Crippen LogP) is 3.29. The van der Waals surface area contributed by atoms with Crippen molar-refractivity contribution >= 4 is 33.6 Å². The van der Waals surface area contributed by atoms with Crippen LogP contribution in [-0.2, 0) is 10.1 Å². The lowest BCUT2D eigenvalue weighted by Gasteiger charge is -2.03. The molecule has 0 saturated heterocycles. The predicted molar refractivity (Wildman–Crippen MR) is 86.3 cm³/mol. The second-order valence-electron chi connectivity index (χ2n) is 4.94. The van der Waals surface area contributed by atoms with Gasteiger partial charge >= 0.3 is 10.1 Å². The summed E-state index contributed by atoms with van der Waals surface area (Å²) in [7, 11) is -3.64. The van der Waals surface area contributed by atoms with Crippen molar-refractivity contribution in [3.8, 4) is 11.5 Å². The maximum atomic E-state index is 12.3. The van der Waals surface area contributed by atoms with Crippen LogP contribution in [0, 0.1) is 0 Å². The Morgan fingerprint density at radius 3 is 2.48 bits per heavy atom. The Morgan fingerprint density at radius 1 is 1.13 bits per heavy atom. The molecule has 0 spiro atoms. The summed E-state index contributed by atoms with van der Waals surface area (Å²) in [6, 6.07) is 11.2. The largest absolute Gasteiger partial charge is 0.452 e. The van der Waals surface area contributed by atoms with Crippen molar-refractivity contribution < 1.29 is 22.1 Å². The number of carbonyl (C=O) groups excluding carboxylic acids is 1. The molecule has 3 rings (SSSR count). The summed E-state index contributed by atoms with van der Waals surface area (Å²) >= 11 is 5.82. The molecule has 2 aromatic carbocycles. The Morgan fingerprint density at radius 2 is 1.83 bits per heavy atom. The van der Waals surface area contributed by atoms with Crippen LogP contribution in [0.2, 0.25) is 5.02 Å². The number of halogens is 1. The van der Waals surface area contributed by atoms with E-state index >= 15 is 0 Å². The molecule has 1 heterocycles. The van der Waals surface area contributed by atoms with E-state index in [-0.39, 0.29) is 23.0 Å². The molecule has 1 aliphatic rings. The molecule has 0 atom stereocenters. The molecular formula is C16H11ClO5S. The molecule has 0 saturated carbocycles. The van der Waals surface area contributed by atoms with Crippen molar-refractivity contribution in [1.29, 1.82) is 0 Å². The minimum absolute atomic E-state index is 0.0896. The molecule has 2 aromatic rings. The van der Waals surface area contributed by atoms with E-state index in [2.05, 4.69) is 0 Å². The van der Waals surface area contributed by atoms with E-state index in [4.69, 9.17) is 20.5 Å². The first kappa shape index (κ1) is 15.6. The first-order valence-electron chi connectivity index (χ1n) is 6.55. The molecule has 0 unspecified atom stereocenters. The maximum Gasteiger partial charge on any atom is 0.306 e. The third-order valence-electron chi connectivity index (χ3n) is 3.06. The normalized spacial score (nSPS) is 15.4. The Labute approximate surface area is 138 Å². The molecule has 0 N–H and O–H groups in total. The van der Waals surface area contributed by atoms with Crippen LogP contribution in [0.1, 0.15) is 15.9 Å². The van der Waals surface area contributed by atoms with Crippen molar-refractivity contribution in [1.82, 2.24) is 0 Å². The number of benzene rings is 2. The second kappa shape index (κ2) is 5.72. The molecule has 0 bridgehead atoms. The number of fused-ring (bicyclic) bond motifs is 1. The van der Waals surface area contributed by atoms with E-state index in [1.165, 1.54) is 18.2 Å². The highest BCUT2D eigenvalue weighted by molar-refractivity contribution is 7.86. The minimum Gasteiger partial charge on any atom is -0.452 e. The van der Waals surface area contributed by atoms with Crippen molar-refractivity contribution in [3.63, 3.8) is 0 Å². The van der Waals surface area contributed by atoms with Gasteiger partial charge in [-0.05, 0) is 35.9 Å². The van der Waals surface area contributed by atoms with E-state index in [0.717, 1.165) is 11.8 Å². The van der Waals surface area contributed by atoms with E-state index in [9.17, 15) is 13.2 Å². The van der Waals surface area contributed by atoms with Crippen molar-refractivity contribution in [2.24, 2.45) is 0 Å². The van der Waals surface area contributed by atoms with Crippen LogP contribution in [0.15, 0.2) is 48.2 Å². The highest BCUT2D eigenvalue weighted by Gasteiger charge is 2.28. The first-order valence-corrected chi connectivity index (χ1v) is 8.74. The quantitative estimate of drug-likeness (QED) is 0.627. The van der Waals surface area contributed by atoms with Crippen molar-refractivity contribution in [2.45, 2.75) is 0 Å². The van der Waals surface area contributed by atoms with Gasteiger partial charge in [0, 0.05) is 11.1 Å². The fourth-order valence-electron chi connectivity index (χ4n) is 2.10. The van der Waals surface area contributed by atoms with Crippen LogP contribution < -0.4 is 8.92 Å². The Kier molecular flexibility index (Phi) is 3.87. The van der Waals surface area contributed by atoms with E-state index in [0.29, 0.717) is 10.6 Å². The van der Waals surface area contributed by atoms with Crippen LogP contribution in [0.5, 0.6) is 11.5 Å². The number of ether oxygens (including phenoxy) is 1. The Bertz CT molecular complexity index is 914. The molecule has 0 fully saturated rings. The maximum absolute atomic E-state index is 12.3. The molecule has 118 valence electrons. The third kappa shape index (κ3) is 3.55. The molecule has 23 heavy (non-hydrogen) atoms. The zero-order valence-corrected chi connectivity index (χ0v) is 13.5. The standard InChI is InChI=1S/C16H11ClO5S/c1-23(19,20)22-12-6-7-13-14(9-12)21-15(16(13)18)8-10-2-4-11(17)5-3-10/h2-9H,1H3.